The Morgan fingerprint density at radius 2 is 1.67 bits per heavy atom. The van der Waals surface area contributed by atoms with Gasteiger partial charge in [-0.3, -0.25) is 13.9 Å². The number of hydrogen-bond acceptors (Lipinski definition) is 4. The number of sulfonamides is 1. The molecule has 3 aromatic carbocycles. The van der Waals surface area contributed by atoms with Crippen molar-refractivity contribution in [3.63, 3.8) is 0 Å². The van der Waals surface area contributed by atoms with Gasteiger partial charge >= 0.3 is 0 Å². The van der Waals surface area contributed by atoms with Gasteiger partial charge < -0.3 is 10.2 Å². The first-order chi connectivity index (χ1) is 20.5. The zero-order chi connectivity index (χ0) is 31.0. The molecule has 43 heavy (non-hydrogen) atoms. The maximum atomic E-state index is 14.8. The van der Waals surface area contributed by atoms with Gasteiger partial charge in [-0.05, 0) is 49.1 Å². The van der Waals surface area contributed by atoms with E-state index in [9.17, 15) is 22.4 Å². The molecular formula is C32H36Cl2FN3O4S. The second-order valence-corrected chi connectivity index (χ2v) is 13.6. The quantitative estimate of drug-likeness (QED) is 0.233. The summed E-state index contributed by atoms with van der Waals surface area (Å²) in [4.78, 5) is 29.1. The number of nitrogens with zero attached hydrogens (tertiary/aromatic N) is 2. The van der Waals surface area contributed by atoms with Gasteiger partial charge in [0.05, 0.1) is 17.0 Å². The van der Waals surface area contributed by atoms with Crippen molar-refractivity contribution in [3.8, 4) is 0 Å². The molecule has 1 aliphatic carbocycles. The van der Waals surface area contributed by atoms with Crippen molar-refractivity contribution in [1.29, 1.82) is 0 Å². The zero-order valence-electron chi connectivity index (χ0n) is 24.0. The normalized spacial score (nSPS) is 14.3. The molecule has 0 unspecified atom stereocenters. The van der Waals surface area contributed by atoms with Gasteiger partial charge in [-0.1, -0.05) is 84.6 Å². The lowest BCUT2D eigenvalue weighted by molar-refractivity contribution is -0.141. The first-order valence-corrected chi connectivity index (χ1v) is 16.9. The monoisotopic (exact) mass is 647 g/mol. The van der Waals surface area contributed by atoms with Crippen LogP contribution >= 0.6 is 23.2 Å². The van der Waals surface area contributed by atoms with Crippen molar-refractivity contribution in [2.45, 2.75) is 63.6 Å². The molecule has 1 aliphatic rings. The summed E-state index contributed by atoms with van der Waals surface area (Å²) in [6.45, 7) is -0.160. The van der Waals surface area contributed by atoms with Crippen LogP contribution in [-0.2, 0) is 32.6 Å². The van der Waals surface area contributed by atoms with E-state index in [1.807, 2.05) is 30.3 Å². The molecule has 3 aromatic rings. The predicted molar refractivity (Wildman–Crippen MR) is 169 cm³/mol. The van der Waals surface area contributed by atoms with Crippen molar-refractivity contribution < 1.29 is 22.4 Å². The molecule has 230 valence electrons. The fraction of sp³-hybridized carbons (Fsp3) is 0.375. The molecule has 0 bridgehead atoms. The smallest absolute Gasteiger partial charge is 0.243 e. The number of carbonyl (C=O) groups excluding carboxylic acids is 2. The van der Waals surface area contributed by atoms with Crippen molar-refractivity contribution in [2.24, 2.45) is 0 Å². The summed E-state index contributed by atoms with van der Waals surface area (Å²) in [7, 11) is -3.76. The highest BCUT2D eigenvalue weighted by atomic mass is 35.5. The van der Waals surface area contributed by atoms with E-state index in [1.54, 1.807) is 24.3 Å². The van der Waals surface area contributed by atoms with Crippen LogP contribution in [0.4, 0.5) is 10.1 Å². The number of halogens is 3. The molecule has 7 nitrogen and oxygen atoms in total. The highest BCUT2D eigenvalue weighted by Crippen LogP contribution is 2.31. The minimum Gasteiger partial charge on any atom is -0.352 e. The van der Waals surface area contributed by atoms with E-state index in [1.165, 1.54) is 23.1 Å². The van der Waals surface area contributed by atoms with E-state index in [2.05, 4.69) is 5.32 Å². The number of nitrogens with one attached hydrogen (secondary N) is 1. The fourth-order valence-corrected chi connectivity index (χ4v) is 6.80. The maximum Gasteiger partial charge on any atom is 0.243 e. The second kappa shape index (κ2) is 15.0. The molecule has 1 atom stereocenters. The van der Waals surface area contributed by atoms with Gasteiger partial charge in [-0.2, -0.15) is 0 Å². The second-order valence-electron chi connectivity index (χ2n) is 10.8. The maximum absolute atomic E-state index is 14.8. The third-order valence-electron chi connectivity index (χ3n) is 7.60. The highest BCUT2D eigenvalue weighted by molar-refractivity contribution is 7.92. The highest BCUT2D eigenvalue weighted by Gasteiger charge is 2.32. The third-order valence-corrected chi connectivity index (χ3v) is 9.33. The number of carbonyl (C=O) groups is 2. The molecule has 1 N–H and O–H groups in total. The lowest BCUT2D eigenvalue weighted by Gasteiger charge is -2.33. The van der Waals surface area contributed by atoms with Gasteiger partial charge in [0.25, 0.3) is 0 Å². The summed E-state index contributed by atoms with van der Waals surface area (Å²) in [6, 6.07) is 19.2. The van der Waals surface area contributed by atoms with Crippen LogP contribution in [0, 0.1) is 5.82 Å². The van der Waals surface area contributed by atoms with Gasteiger partial charge in [-0.15, -0.1) is 0 Å². The van der Waals surface area contributed by atoms with Crippen LogP contribution in [-0.4, -0.2) is 50.0 Å². The summed E-state index contributed by atoms with van der Waals surface area (Å²) in [6.07, 6.45) is 5.15. The van der Waals surface area contributed by atoms with Gasteiger partial charge in [0.15, 0.2) is 0 Å². The van der Waals surface area contributed by atoms with E-state index < -0.39 is 27.8 Å². The Balaban J connectivity index is 1.61. The van der Waals surface area contributed by atoms with Crippen LogP contribution < -0.4 is 9.62 Å². The Morgan fingerprint density at radius 1 is 1.00 bits per heavy atom. The Labute approximate surface area is 263 Å². The molecule has 4 rings (SSSR count). The predicted octanol–water partition coefficient (Wildman–Crippen LogP) is 6.38. The summed E-state index contributed by atoms with van der Waals surface area (Å²) in [5, 5.41) is 3.64. The number of rotatable bonds is 13. The van der Waals surface area contributed by atoms with E-state index in [4.69, 9.17) is 23.2 Å². The topological polar surface area (TPSA) is 86.8 Å². The standard InChI is InChI=1S/C32H36Cl2FN3O4S/c1-43(41,42)38(29-21-25(33)17-18-27(29)34)19-9-16-31(39)37(22-24-12-5-8-15-28(24)35)30(20-23-10-3-2-4-11-23)32(40)36-26-13-6-7-14-26/h2-5,8,10-12,15,17-18,21,26,30H,6-7,9,13-14,16,19-20,22H2,1H3,(H,36,40)/t30-/m0/s1. The molecule has 1 fully saturated rings. The van der Waals surface area contributed by atoms with E-state index in [-0.39, 0.29) is 60.6 Å². The SMILES string of the molecule is CS(=O)(=O)N(CCCC(=O)N(Cc1ccccc1F)[C@@H](Cc1ccccc1)C(=O)NC1CCCC1)c1cc(Cl)ccc1Cl. The van der Waals surface area contributed by atoms with E-state index >= 15 is 0 Å². The van der Waals surface area contributed by atoms with Crippen LogP contribution in [0.3, 0.4) is 0 Å². The zero-order valence-corrected chi connectivity index (χ0v) is 26.3. The summed E-state index contributed by atoms with van der Waals surface area (Å²) in [5.74, 6) is -1.16. The molecule has 0 saturated heterocycles. The minimum absolute atomic E-state index is 0.0296. The van der Waals surface area contributed by atoms with Crippen LogP contribution in [0.25, 0.3) is 0 Å². The first kappa shape index (κ1) is 32.8. The molecule has 0 heterocycles. The van der Waals surface area contributed by atoms with Gasteiger partial charge in [0.1, 0.15) is 11.9 Å². The largest absolute Gasteiger partial charge is 0.352 e. The lowest BCUT2D eigenvalue weighted by Crippen LogP contribution is -2.52. The van der Waals surface area contributed by atoms with Gasteiger partial charge in [-0.25, -0.2) is 12.8 Å². The van der Waals surface area contributed by atoms with Crippen LogP contribution in [0.2, 0.25) is 10.0 Å². The van der Waals surface area contributed by atoms with Crippen LogP contribution in [0.15, 0.2) is 72.8 Å². The first-order valence-electron chi connectivity index (χ1n) is 14.3. The van der Waals surface area contributed by atoms with Crippen molar-refractivity contribution in [2.75, 3.05) is 17.1 Å². The molecule has 11 heteroatoms. The Bertz CT molecular complexity index is 1520. The molecular weight excluding hydrogens is 612 g/mol. The average Bonchev–Trinajstić information content (AvgIpc) is 3.48. The van der Waals surface area contributed by atoms with Crippen molar-refractivity contribution in [3.05, 3.63) is 99.8 Å². The van der Waals surface area contributed by atoms with Crippen molar-refractivity contribution >= 4 is 50.7 Å². The Hall–Kier alpha value is -3.14. The molecule has 0 aliphatic heterocycles. The Morgan fingerprint density at radius 3 is 2.35 bits per heavy atom. The molecule has 1 saturated carbocycles. The summed E-state index contributed by atoms with van der Waals surface area (Å²) < 4.78 is 41.3. The van der Waals surface area contributed by atoms with E-state index in [0.717, 1.165) is 41.8 Å². The number of anilines is 1. The fourth-order valence-electron chi connectivity index (χ4n) is 5.39. The minimum atomic E-state index is -3.76. The number of hydrogen-bond donors (Lipinski definition) is 1. The van der Waals surface area contributed by atoms with Gasteiger partial charge in [0.2, 0.25) is 21.8 Å². The summed E-state index contributed by atoms with van der Waals surface area (Å²) in [5.41, 5.74) is 1.36. The van der Waals surface area contributed by atoms with Crippen molar-refractivity contribution in [1.82, 2.24) is 10.2 Å². The van der Waals surface area contributed by atoms with E-state index in [0.29, 0.717) is 5.02 Å². The number of benzene rings is 3. The third kappa shape index (κ3) is 9.17. The molecule has 2 amide bonds. The summed E-state index contributed by atoms with van der Waals surface area (Å²) >= 11 is 12.4. The number of amides is 2. The average molecular weight is 649 g/mol. The van der Waals surface area contributed by atoms with Crippen LogP contribution in [0.5, 0.6) is 0 Å². The Kier molecular flexibility index (Phi) is 11.5. The molecule has 0 aromatic heterocycles. The lowest BCUT2D eigenvalue weighted by atomic mass is 10.0. The van der Waals surface area contributed by atoms with Crippen LogP contribution in [0.1, 0.15) is 49.7 Å². The molecule has 0 spiro atoms. The van der Waals surface area contributed by atoms with Gasteiger partial charge in [0, 0.05) is 42.6 Å². The molecule has 0 radical (unpaired) electrons.